The fourth-order valence-corrected chi connectivity index (χ4v) is 2.54. The lowest BCUT2D eigenvalue weighted by molar-refractivity contribution is 0.607. The molecule has 0 amide bonds. The van der Waals surface area contributed by atoms with E-state index in [0.29, 0.717) is 0 Å². The van der Waals surface area contributed by atoms with Gasteiger partial charge in [-0.2, -0.15) is 0 Å². The molecule has 0 heterocycles. The standard InChI is InChI=1S/C16H22Br2/c1-2-3-4-5-6-7-8-14-9-11-15(12-10-14)13-16(17)18/h9-13H,2-8H2,1H3. The first-order chi connectivity index (χ1) is 8.72. The van der Waals surface area contributed by atoms with Crippen molar-refractivity contribution in [2.75, 3.05) is 0 Å². The van der Waals surface area contributed by atoms with Gasteiger partial charge in [-0.15, -0.1) is 0 Å². The van der Waals surface area contributed by atoms with Crippen LogP contribution in [0.5, 0.6) is 0 Å². The van der Waals surface area contributed by atoms with Crippen LogP contribution in [0, 0.1) is 0 Å². The van der Waals surface area contributed by atoms with Crippen LogP contribution in [0.4, 0.5) is 0 Å². The van der Waals surface area contributed by atoms with E-state index in [1.54, 1.807) is 0 Å². The predicted molar refractivity (Wildman–Crippen MR) is 89.4 cm³/mol. The molecule has 0 radical (unpaired) electrons. The topological polar surface area (TPSA) is 0 Å². The van der Waals surface area contributed by atoms with E-state index in [1.165, 1.54) is 56.1 Å². The molecular formula is C16H22Br2. The SMILES string of the molecule is CCCCCCCCc1ccc(C=C(Br)Br)cc1. The molecule has 0 N–H and O–H groups in total. The van der Waals surface area contributed by atoms with E-state index in [4.69, 9.17) is 0 Å². The van der Waals surface area contributed by atoms with Crippen LogP contribution in [-0.4, -0.2) is 0 Å². The summed E-state index contributed by atoms with van der Waals surface area (Å²) in [4.78, 5) is 0. The number of hydrogen-bond donors (Lipinski definition) is 0. The van der Waals surface area contributed by atoms with Gasteiger partial charge in [0.15, 0.2) is 0 Å². The van der Waals surface area contributed by atoms with E-state index in [1.807, 2.05) is 0 Å². The minimum absolute atomic E-state index is 0.985. The maximum absolute atomic E-state index is 3.38. The Bertz CT molecular complexity index is 348. The molecule has 1 aromatic rings. The number of benzene rings is 1. The zero-order chi connectivity index (χ0) is 13.2. The normalized spacial score (nSPS) is 10.4. The van der Waals surface area contributed by atoms with Crippen LogP contribution in [0.3, 0.4) is 0 Å². The second kappa shape index (κ2) is 9.80. The molecule has 2 heteroatoms. The lowest BCUT2D eigenvalue weighted by atomic mass is 10.0. The summed E-state index contributed by atoms with van der Waals surface area (Å²) in [7, 11) is 0. The van der Waals surface area contributed by atoms with Gasteiger partial charge in [-0.1, -0.05) is 63.3 Å². The first-order valence-corrected chi connectivity index (χ1v) is 8.42. The number of hydrogen-bond acceptors (Lipinski definition) is 0. The third kappa shape index (κ3) is 7.38. The van der Waals surface area contributed by atoms with Crippen LogP contribution in [0.15, 0.2) is 27.7 Å². The molecule has 0 fully saturated rings. The Labute approximate surface area is 128 Å². The largest absolute Gasteiger partial charge is 0.0654 e. The summed E-state index contributed by atoms with van der Waals surface area (Å²) in [5.74, 6) is 0. The lowest BCUT2D eigenvalue weighted by Gasteiger charge is -2.03. The Morgan fingerprint density at radius 1 is 0.944 bits per heavy atom. The molecule has 0 aliphatic heterocycles. The second-order valence-electron chi connectivity index (χ2n) is 4.69. The van der Waals surface area contributed by atoms with Gasteiger partial charge >= 0.3 is 0 Å². The zero-order valence-electron chi connectivity index (χ0n) is 11.1. The van der Waals surface area contributed by atoms with Gasteiger partial charge in [0.05, 0.1) is 3.39 Å². The highest BCUT2D eigenvalue weighted by Gasteiger charge is 1.95. The summed E-state index contributed by atoms with van der Waals surface area (Å²) >= 11 is 6.76. The minimum Gasteiger partial charge on any atom is -0.0654 e. The van der Waals surface area contributed by atoms with E-state index in [0.717, 1.165) is 3.39 Å². The predicted octanol–water partition coefficient (Wildman–Crippen LogP) is 6.68. The maximum atomic E-state index is 3.38. The molecule has 0 aromatic heterocycles. The van der Waals surface area contributed by atoms with Crippen molar-refractivity contribution < 1.29 is 0 Å². The Morgan fingerprint density at radius 3 is 2.17 bits per heavy atom. The van der Waals surface area contributed by atoms with E-state index >= 15 is 0 Å². The number of halogens is 2. The Balaban J connectivity index is 2.25. The van der Waals surface area contributed by atoms with Gasteiger partial charge in [0.25, 0.3) is 0 Å². The molecule has 100 valence electrons. The van der Waals surface area contributed by atoms with Crippen LogP contribution in [0.25, 0.3) is 6.08 Å². The molecule has 1 rings (SSSR count). The molecule has 0 saturated carbocycles. The second-order valence-corrected chi connectivity index (χ2v) is 7.47. The molecule has 0 aliphatic carbocycles. The van der Waals surface area contributed by atoms with Crippen molar-refractivity contribution in [3.05, 3.63) is 38.8 Å². The summed E-state index contributed by atoms with van der Waals surface area (Å²) < 4.78 is 0.985. The molecule has 18 heavy (non-hydrogen) atoms. The quantitative estimate of drug-likeness (QED) is 0.446. The lowest BCUT2D eigenvalue weighted by Crippen LogP contribution is -1.86. The summed E-state index contributed by atoms with van der Waals surface area (Å²) in [5, 5.41) is 0. The maximum Gasteiger partial charge on any atom is 0.0610 e. The summed E-state index contributed by atoms with van der Waals surface area (Å²) in [6.45, 7) is 2.27. The van der Waals surface area contributed by atoms with Gasteiger partial charge in [0.2, 0.25) is 0 Å². The summed E-state index contributed by atoms with van der Waals surface area (Å²) in [6.07, 6.45) is 11.5. The van der Waals surface area contributed by atoms with Crippen molar-refractivity contribution >= 4 is 37.9 Å². The molecular weight excluding hydrogens is 352 g/mol. The third-order valence-corrected chi connectivity index (χ3v) is 3.53. The first-order valence-electron chi connectivity index (χ1n) is 6.84. The third-order valence-electron chi connectivity index (χ3n) is 3.07. The highest BCUT2D eigenvalue weighted by atomic mass is 79.9. The number of aryl methyl sites for hydroxylation is 1. The molecule has 0 nitrogen and oxygen atoms in total. The fourth-order valence-electron chi connectivity index (χ4n) is 2.02. The van der Waals surface area contributed by atoms with Gasteiger partial charge < -0.3 is 0 Å². The fraction of sp³-hybridized carbons (Fsp3) is 0.500. The van der Waals surface area contributed by atoms with Crippen LogP contribution < -0.4 is 0 Å². The van der Waals surface area contributed by atoms with E-state index in [9.17, 15) is 0 Å². The van der Waals surface area contributed by atoms with Gasteiger partial charge in [0.1, 0.15) is 0 Å². The van der Waals surface area contributed by atoms with Crippen molar-refractivity contribution in [1.29, 1.82) is 0 Å². The highest BCUT2D eigenvalue weighted by molar-refractivity contribution is 9.28. The number of unbranched alkanes of at least 4 members (excludes halogenated alkanes) is 5. The van der Waals surface area contributed by atoms with Gasteiger partial charge in [-0.3, -0.25) is 0 Å². The van der Waals surface area contributed by atoms with Crippen LogP contribution >= 0.6 is 31.9 Å². The van der Waals surface area contributed by atoms with Crippen molar-refractivity contribution in [2.45, 2.75) is 51.9 Å². The highest BCUT2D eigenvalue weighted by Crippen LogP contribution is 2.18. The Kier molecular flexibility index (Phi) is 8.70. The minimum atomic E-state index is 0.985. The van der Waals surface area contributed by atoms with Crippen LogP contribution in [0.2, 0.25) is 0 Å². The van der Waals surface area contributed by atoms with E-state index in [-0.39, 0.29) is 0 Å². The molecule has 0 saturated heterocycles. The van der Waals surface area contributed by atoms with Crippen molar-refractivity contribution in [1.82, 2.24) is 0 Å². The average molecular weight is 374 g/mol. The van der Waals surface area contributed by atoms with E-state index in [2.05, 4.69) is 69.1 Å². The molecule has 0 atom stereocenters. The Morgan fingerprint density at radius 2 is 1.56 bits per heavy atom. The molecule has 0 aliphatic rings. The average Bonchev–Trinajstić information content (AvgIpc) is 2.35. The van der Waals surface area contributed by atoms with E-state index < -0.39 is 0 Å². The van der Waals surface area contributed by atoms with Crippen molar-refractivity contribution in [3.8, 4) is 0 Å². The molecule has 0 bridgehead atoms. The van der Waals surface area contributed by atoms with Gasteiger partial charge in [-0.25, -0.2) is 0 Å². The summed E-state index contributed by atoms with van der Waals surface area (Å²) in [5.41, 5.74) is 2.68. The smallest absolute Gasteiger partial charge is 0.0610 e. The number of rotatable bonds is 8. The van der Waals surface area contributed by atoms with Crippen LogP contribution in [-0.2, 0) is 6.42 Å². The monoisotopic (exact) mass is 372 g/mol. The van der Waals surface area contributed by atoms with Crippen molar-refractivity contribution in [2.24, 2.45) is 0 Å². The zero-order valence-corrected chi connectivity index (χ0v) is 14.3. The summed E-state index contributed by atoms with van der Waals surface area (Å²) in [6, 6.07) is 8.82. The van der Waals surface area contributed by atoms with Crippen LogP contribution in [0.1, 0.15) is 56.6 Å². The first kappa shape index (κ1) is 16.0. The van der Waals surface area contributed by atoms with Crippen molar-refractivity contribution in [3.63, 3.8) is 0 Å². The Hall–Kier alpha value is -0.0800. The molecule has 1 aromatic carbocycles. The van der Waals surface area contributed by atoms with Gasteiger partial charge in [-0.05, 0) is 61.9 Å². The van der Waals surface area contributed by atoms with Gasteiger partial charge in [0, 0.05) is 0 Å². The molecule has 0 unspecified atom stereocenters. The molecule has 0 spiro atoms.